The number of hydrogen-bond donors (Lipinski definition) is 2. The normalized spacial score (nSPS) is 57.2. The summed E-state index contributed by atoms with van der Waals surface area (Å²) in [6.07, 6.45) is 5.20. The van der Waals surface area contributed by atoms with Gasteiger partial charge < -0.3 is 10.4 Å². The fourth-order valence-corrected chi connectivity index (χ4v) is 3.60. The van der Waals surface area contributed by atoms with Crippen LogP contribution in [0.25, 0.3) is 0 Å². The number of rotatable bonds is 0. The lowest BCUT2D eigenvalue weighted by Crippen LogP contribution is -2.46. The summed E-state index contributed by atoms with van der Waals surface area (Å²) in [7, 11) is 0. The second-order valence-electron chi connectivity index (χ2n) is 4.94. The Morgan fingerprint density at radius 3 is 2.75 bits per heavy atom. The van der Waals surface area contributed by atoms with Crippen molar-refractivity contribution in [3.63, 3.8) is 0 Å². The van der Waals surface area contributed by atoms with Gasteiger partial charge in [-0.1, -0.05) is 0 Å². The Bertz CT molecular complexity index is 186. The third kappa shape index (κ3) is 0.944. The van der Waals surface area contributed by atoms with Crippen LogP contribution in [0.15, 0.2) is 0 Å². The molecular formula is C10H17NO. The molecule has 2 heteroatoms. The maximum absolute atomic E-state index is 9.94. The zero-order valence-electron chi connectivity index (χ0n) is 7.37. The maximum Gasteiger partial charge on any atom is 0.0721 e. The second kappa shape index (κ2) is 2.46. The summed E-state index contributed by atoms with van der Waals surface area (Å²) in [5.41, 5.74) is 0. The average molecular weight is 167 g/mol. The van der Waals surface area contributed by atoms with Crippen LogP contribution >= 0.6 is 0 Å². The second-order valence-corrected chi connectivity index (χ2v) is 4.94. The van der Waals surface area contributed by atoms with Gasteiger partial charge in [0.15, 0.2) is 0 Å². The summed E-state index contributed by atoms with van der Waals surface area (Å²) in [5.74, 6) is 2.43. The van der Waals surface area contributed by atoms with Crippen molar-refractivity contribution in [2.45, 2.75) is 37.8 Å². The molecule has 2 nitrogen and oxygen atoms in total. The van der Waals surface area contributed by atoms with E-state index in [9.17, 15) is 5.11 Å². The van der Waals surface area contributed by atoms with Gasteiger partial charge in [-0.25, -0.2) is 0 Å². The summed E-state index contributed by atoms with van der Waals surface area (Å²) >= 11 is 0. The molecule has 0 radical (unpaired) electrons. The molecule has 2 saturated heterocycles. The van der Waals surface area contributed by atoms with E-state index >= 15 is 0 Å². The molecule has 0 aromatic heterocycles. The summed E-state index contributed by atoms with van der Waals surface area (Å²) in [4.78, 5) is 0. The number of aliphatic hydroxyl groups is 1. The van der Waals surface area contributed by atoms with Crippen molar-refractivity contribution in [1.82, 2.24) is 5.32 Å². The van der Waals surface area contributed by atoms with E-state index in [-0.39, 0.29) is 6.10 Å². The quantitative estimate of drug-likeness (QED) is 0.558. The van der Waals surface area contributed by atoms with Crippen LogP contribution in [-0.4, -0.2) is 23.8 Å². The number of nitrogens with one attached hydrogen (secondary N) is 1. The molecule has 4 fully saturated rings. The molecule has 0 aromatic carbocycles. The van der Waals surface area contributed by atoms with E-state index in [0.717, 1.165) is 18.4 Å². The molecule has 4 bridgehead atoms. The van der Waals surface area contributed by atoms with Crippen LogP contribution in [0.4, 0.5) is 0 Å². The molecule has 12 heavy (non-hydrogen) atoms. The molecule has 2 heterocycles. The Balaban J connectivity index is 1.92. The summed E-state index contributed by atoms with van der Waals surface area (Å²) in [6, 6.07) is 0.432. The molecule has 2 saturated carbocycles. The highest BCUT2D eigenvalue weighted by atomic mass is 16.3. The first-order valence-corrected chi connectivity index (χ1v) is 5.24. The van der Waals surface area contributed by atoms with Gasteiger partial charge in [0.05, 0.1) is 6.10 Å². The van der Waals surface area contributed by atoms with Crippen LogP contribution in [0.5, 0.6) is 0 Å². The molecule has 68 valence electrons. The van der Waals surface area contributed by atoms with Crippen molar-refractivity contribution in [1.29, 1.82) is 0 Å². The Morgan fingerprint density at radius 1 is 1.00 bits per heavy atom. The molecule has 5 atom stereocenters. The Morgan fingerprint density at radius 2 is 1.83 bits per heavy atom. The van der Waals surface area contributed by atoms with Gasteiger partial charge in [-0.3, -0.25) is 0 Å². The highest BCUT2D eigenvalue weighted by molar-refractivity contribution is 4.98. The Kier molecular flexibility index (Phi) is 1.50. The first-order valence-electron chi connectivity index (χ1n) is 5.24. The highest BCUT2D eigenvalue weighted by Gasteiger charge is 2.44. The van der Waals surface area contributed by atoms with E-state index < -0.39 is 0 Å². The molecule has 0 aromatic rings. The topological polar surface area (TPSA) is 32.3 Å². The maximum atomic E-state index is 9.94. The fraction of sp³-hybridized carbons (Fsp3) is 1.00. The largest absolute Gasteiger partial charge is 0.391 e. The summed E-state index contributed by atoms with van der Waals surface area (Å²) in [6.45, 7) is 1.16. The van der Waals surface area contributed by atoms with Crippen molar-refractivity contribution >= 4 is 0 Å². The van der Waals surface area contributed by atoms with Crippen molar-refractivity contribution in [2.24, 2.45) is 17.8 Å². The standard InChI is InChI=1S/C10H17NO/c12-10-8-2-6-1-7(3-8)5-11-9(10)4-6/h6-12H,1-5H2. The minimum Gasteiger partial charge on any atom is -0.391 e. The SMILES string of the molecule is OC1C2CC3CNC1CC(C3)C2. The zero-order valence-corrected chi connectivity index (χ0v) is 7.37. The van der Waals surface area contributed by atoms with Crippen molar-refractivity contribution in [3.05, 3.63) is 0 Å². The first-order chi connectivity index (χ1) is 5.83. The van der Waals surface area contributed by atoms with E-state index in [4.69, 9.17) is 0 Å². The molecule has 0 spiro atoms. The fourth-order valence-electron chi connectivity index (χ4n) is 3.60. The number of hydrogen-bond acceptors (Lipinski definition) is 2. The van der Waals surface area contributed by atoms with Gasteiger partial charge in [-0.05, 0) is 50.0 Å². The predicted octanol–water partition coefficient (Wildman–Crippen LogP) is 0.755. The summed E-state index contributed by atoms with van der Waals surface area (Å²) in [5, 5.41) is 13.4. The third-order valence-electron chi connectivity index (χ3n) is 4.09. The molecule has 5 unspecified atom stereocenters. The Labute approximate surface area is 73.4 Å². The van der Waals surface area contributed by atoms with E-state index in [2.05, 4.69) is 5.32 Å². The Hall–Kier alpha value is -0.0800. The molecule has 4 rings (SSSR count). The van der Waals surface area contributed by atoms with Crippen molar-refractivity contribution < 1.29 is 5.11 Å². The van der Waals surface area contributed by atoms with E-state index in [0.29, 0.717) is 12.0 Å². The monoisotopic (exact) mass is 167 g/mol. The van der Waals surface area contributed by atoms with Crippen LogP contribution in [0.3, 0.4) is 0 Å². The smallest absolute Gasteiger partial charge is 0.0721 e. The van der Waals surface area contributed by atoms with Crippen LogP contribution in [-0.2, 0) is 0 Å². The van der Waals surface area contributed by atoms with Crippen LogP contribution in [0, 0.1) is 17.8 Å². The van der Waals surface area contributed by atoms with Gasteiger partial charge in [0, 0.05) is 6.04 Å². The van der Waals surface area contributed by atoms with Crippen LogP contribution in [0.1, 0.15) is 25.7 Å². The highest BCUT2D eigenvalue weighted by Crippen LogP contribution is 2.44. The molecule has 2 N–H and O–H groups in total. The van der Waals surface area contributed by atoms with Crippen LogP contribution in [0.2, 0.25) is 0 Å². The van der Waals surface area contributed by atoms with E-state index in [1.54, 1.807) is 0 Å². The van der Waals surface area contributed by atoms with E-state index in [1.165, 1.54) is 25.7 Å². The first kappa shape index (κ1) is 7.34. The van der Waals surface area contributed by atoms with Crippen molar-refractivity contribution in [3.8, 4) is 0 Å². The minimum absolute atomic E-state index is 0.0356. The van der Waals surface area contributed by atoms with E-state index in [1.807, 2.05) is 0 Å². The lowest BCUT2D eigenvalue weighted by Gasteiger charge is -2.41. The zero-order chi connectivity index (χ0) is 8.13. The molecule has 2 aliphatic carbocycles. The minimum atomic E-state index is -0.0356. The molecule has 2 aliphatic heterocycles. The molecule has 4 aliphatic rings. The average Bonchev–Trinajstić information content (AvgIpc) is 2.27. The molecule has 0 amide bonds. The lowest BCUT2D eigenvalue weighted by molar-refractivity contribution is 0.00228. The van der Waals surface area contributed by atoms with Gasteiger partial charge in [-0.15, -0.1) is 0 Å². The number of fused-ring (bicyclic) bond motifs is 1. The third-order valence-corrected chi connectivity index (χ3v) is 4.09. The van der Waals surface area contributed by atoms with Gasteiger partial charge >= 0.3 is 0 Å². The number of aliphatic hydroxyl groups excluding tert-OH is 1. The predicted molar refractivity (Wildman–Crippen MR) is 46.7 cm³/mol. The van der Waals surface area contributed by atoms with Gasteiger partial charge in [0.2, 0.25) is 0 Å². The van der Waals surface area contributed by atoms with Crippen LogP contribution < -0.4 is 5.32 Å². The summed E-state index contributed by atoms with van der Waals surface area (Å²) < 4.78 is 0. The van der Waals surface area contributed by atoms with Gasteiger partial charge in [0.1, 0.15) is 0 Å². The van der Waals surface area contributed by atoms with Gasteiger partial charge in [0.25, 0.3) is 0 Å². The van der Waals surface area contributed by atoms with Crippen molar-refractivity contribution in [2.75, 3.05) is 6.54 Å². The van der Waals surface area contributed by atoms with Gasteiger partial charge in [-0.2, -0.15) is 0 Å². The lowest BCUT2D eigenvalue weighted by atomic mass is 9.67. The molecular weight excluding hydrogens is 150 g/mol.